The van der Waals surface area contributed by atoms with Gasteiger partial charge in [0, 0.05) is 54.1 Å². The molecule has 1 atom stereocenters. The van der Waals surface area contributed by atoms with E-state index in [2.05, 4.69) is 42.8 Å². The number of rotatable bonds is 10. The van der Waals surface area contributed by atoms with Crippen LogP contribution in [-0.4, -0.2) is 28.5 Å². The van der Waals surface area contributed by atoms with Crippen molar-refractivity contribution in [2.24, 2.45) is 0 Å². The number of carbonyl (C=O) groups excluding carboxylic acids is 1. The Morgan fingerprint density at radius 1 is 0.971 bits per heavy atom. The van der Waals surface area contributed by atoms with Gasteiger partial charge in [0.05, 0.1) is 0 Å². The number of carbonyl (C=O) groups is 1. The van der Waals surface area contributed by atoms with Crippen molar-refractivity contribution < 1.29 is 9.18 Å². The van der Waals surface area contributed by atoms with E-state index in [1.165, 1.54) is 12.1 Å². The second-order valence-corrected chi connectivity index (χ2v) is 9.48. The average Bonchev–Trinajstić information content (AvgIpc) is 3.21. The minimum Gasteiger partial charge on any atom is -0.343 e. The molecule has 3 nitrogen and oxygen atoms in total. The lowest BCUT2D eigenvalue weighted by atomic mass is 9.87. The lowest BCUT2D eigenvalue weighted by molar-refractivity contribution is -0.131. The molecule has 0 aliphatic rings. The molecule has 0 unspecified atom stereocenters. The summed E-state index contributed by atoms with van der Waals surface area (Å²) in [5.74, 6) is -0.208. The van der Waals surface area contributed by atoms with Crippen LogP contribution in [0.1, 0.15) is 55.7 Å². The van der Waals surface area contributed by atoms with Crippen molar-refractivity contribution in [3.8, 4) is 0 Å². The topological polar surface area (TPSA) is 25.2 Å². The molecule has 0 N–H and O–H groups in total. The molecule has 5 heteroatoms. The van der Waals surface area contributed by atoms with Crippen LogP contribution in [0, 0.1) is 5.82 Å². The van der Waals surface area contributed by atoms with Gasteiger partial charge in [-0.1, -0.05) is 67.9 Å². The Morgan fingerprint density at radius 2 is 1.69 bits per heavy atom. The van der Waals surface area contributed by atoms with Gasteiger partial charge in [0.2, 0.25) is 5.91 Å². The molecule has 0 fully saturated rings. The molecule has 0 bridgehead atoms. The summed E-state index contributed by atoms with van der Waals surface area (Å²) in [5.41, 5.74) is 4.24. The number of halogens is 2. The maximum absolute atomic E-state index is 13.5. The summed E-state index contributed by atoms with van der Waals surface area (Å²) < 4.78 is 15.6. The number of fused-ring (bicyclic) bond motifs is 1. The Hall–Kier alpha value is -3.11. The van der Waals surface area contributed by atoms with Gasteiger partial charge in [-0.05, 0) is 59.9 Å². The Bertz CT molecular complexity index is 1280. The molecule has 0 spiro atoms. The van der Waals surface area contributed by atoms with E-state index in [9.17, 15) is 9.18 Å². The van der Waals surface area contributed by atoms with Gasteiger partial charge in [0.15, 0.2) is 0 Å². The fourth-order valence-corrected chi connectivity index (χ4v) is 5.00. The summed E-state index contributed by atoms with van der Waals surface area (Å²) in [6.07, 6.45) is 4.40. The third kappa shape index (κ3) is 5.94. The summed E-state index contributed by atoms with van der Waals surface area (Å²) >= 11 is 6.39. The van der Waals surface area contributed by atoms with Crippen LogP contribution in [0.15, 0.2) is 79.0 Å². The van der Waals surface area contributed by atoms with Crippen molar-refractivity contribution in [1.82, 2.24) is 9.47 Å². The standard InChI is InChI=1S/C30H32ClFN2O/c1-3-16-33(17-4-2)30(35)19-27(23-8-7-9-24(31)18-23)28-21-34(29-11-6-5-10-26(28)29)20-22-12-14-25(32)15-13-22/h5-15,18,21,27H,3-4,16-17,19-20H2,1-2H3/t27-/m0/s1. The second-order valence-electron chi connectivity index (χ2n) is 9.05. The van der Waals surface area contributed by atoms with Crippen LogP contribution < -0.4 is 0 Å². The van der Waals surface area contributed by atoms with Gasteiger partial charge < -0.3 is 9.47 Å². The minimum absolute atomic E-state index is 0.128. The summed E-state index contributed by atoms with van der Waals surface area (Å²) in [6.45, 7) is 6.36. The highest BCUT2D eigenvalue weighted by Gasteiger charge is 2.25. The van der Waals surface area contributed by atoms with Crippen LogP contribution in [-0.2, 0) is 11.3 Å². The lowest BCUT2D eigenvalue weighted by Gasteiger charge is -2.25. The first-order valence-electron chi connectivity index (χ1n) is 12.4. The van der Waals surface area contributed by atoms with Gasteiger partial charge in [-0.2, -0.15) is 0 Å². The first-order chi connectivity index (χ1) is 17.0. The van der Waals surface area contributed by atoms with E-state index >= 15 is 0 Å². The highest BCUT2D eigenvalue weighted by molar-refractivity contribution is 6.30. The monoisotopic (exact) mass is 490 g/mol. The van der Waals surface area contributed by atoms with Crippen molar-refractivity contribution in [2.75, 3.05) is 13.1 Å². The fraction of sp³-hybridized carbons (Fsp3) is 0.300. The number of para-hydroxylation sites is 1. The van der Waals surface area contributed by atoms with E-state index in [4.69, 9.17) is 11.6 Å². The number of hydrogen-bond donors (Lipinski definition) is 0. The summed E-state index contributed by atoms with van der Waals surface area (Å²) in [4.78, 5) is 15.5. The van der Waals surface area contributed by atoms with Crippen LogP contribution in [0.2, 0.25) is 5.02 Å². The number of aromatic nitrogens is 1. The van der Waals surface area contributed by atoms with Gasteiger partial charge in [-0.25, -0.2) is 4.39 Å². The second kappa shape index (κ2) is 11.5. The largest absolute Gasteiger partial charge is 0.343 e. The van der Waals surface area contributed by atoms with E-state index in [0.717, 1.165) is 53.5 Å². The van der Waals surface area contributed by atoms with E-state index in [1.54, 1.807) is 0 Å². The molecular formula is C30H32ClFN2O. The van der Waals surface area contributed by atoms with Crippen molar-refractivity contribution in [3.63, 3.8) is 0 Å². The van der Waals surface area contributed by atoms with Crippen molar-refractivity contribution in [3.05, 3.63) is 107 Å². The van der Waals surface area contributed by atoms with Gasteiger partial charge in [0.25, 0.3) is 0 Å². The molecule has 1 amide bonds. The Morgan fingerprint density at radius 3 is 2.37 bits per heavy atom. The van der Waals surface area contributed by atoms with E-state index in [1.807, 2.05) is 47.4 Å². The zero-order valence-corrected chi connectivity index (χ0v) is 21.1. The predicted molar refractivity (Wildman–Crippen MR) is 143 cm³/mol. The third-order valence-corrected chi connectivity index (χ3v) is 6.67. The molecule has 1 aromatic heterocycles. The number of nitrogens with zero attached hydrogens (tertiary/aromatic N) is 2. The Labute approximate surface area is 212 Å². The molecule has 0 saturated carbocycles. The van der Waals surface area contributed by atoms with Crippen molar-refractivity contribution in [1.29, 1.82) is 0 Å². The van der Waals surface area contributed by atoms with Crippen LogP contribution in [0.3, 0.4) is 0 Å². The molecule has 0 aliphatic carbocycles. The van der Waals surface area contributed by atoms with Gasteiger partial charge >= 0.3 is 0 Å². The first-order valence-corrected chi connectivity index (χ1v) is 12.7. The summed E-state index contributed by atoms with van der Waals surface area (Å²) in [7, 11) is 0. The smallest absolute Gasteiger partial charge is 0.223 e. The van der Waals surface area contributed by atoms with Gasteiger partial charge in [-0.15, -0.1) is 0 Å². The molecule has 0 aliphatic heterocycles. The zero-order chi connectivity index (χ0) is 24.8. The van der Waals surface area contributed by atoms with Gasteiger partial charge in [0.1, 0.15) is 5.82 Å². The molecule has 4 aromatic rings. The summed E-state index contributed by atoms with van der Waals surface area (Å²) in [5, 5.41) is 1.78. The van der Waals surface area contributed by atoms with Crippen LogP contribution >= 0.6 is 11.6 Å². The molecule has 1 heterocycles. The van der Waals surface area contributed by atoms with E-state index in [-0.39, 0.29) is 17.6 Å². The van der Waals surface area contributed by atoms with Crippen LogP contribution in [0.5, 0.6) is 0 Å². The average molecular weight is 491 g/mol. The van der Waals surface area contributed by atoms with Crippen LogP contribution in [0.4, 0.5) is 4.39 Å². The fourth-order valence-electron chi connectivity index (χ4n) is 4.81. The minimum atomic E-state index is -0.241. The quantitative estimate of drug-likeness (QED) is 0.224. The van der Waals surface area contributed by atoms with E-state index in [0.29, 0.717) is 18.0 Å². The Kier molecular flexibility index (Phi) is 8.25. The summed E-state index contributed by atoms with van der Waals surface area (Å²) in [6, 6.07) is 22.7. The highest BCUT2D eigenvalue weighted by atomic mass is 35.5. The third-order valence-electron chi connectivity index (χ3n) is 6.43. The SMILES string of the molecule is CCCN(CCC)C(=O)C[C@@H](c1cccc(Cl)c1)c1cn(Cc2ccc(F)cc2)c2ccccc12. The molecule has 0 saturated heterocycles. The number of benzene rings is 3. The number of hydrogen-bond acceptors (Lipinski definition) is 1. The molecule has 4 rings (SSSR count). The Balaban J connectivity index is 1.78. The highest BCUT2D eigenvalue weighted by Crippen LogP contribution is 2.36. The van der Waals surface area contributed by atoms with Crippen molar-refractivity contribution >= 4 is 28.4 Å². The van der Waals surface area contributed by atoms with Crippen LogP contribution in [0.25, 0.3) is 10.9 Å². The normalized spacial score (nSPS) is 12.1. The molecular weight excluding hydrogens is 459 g/mol. The maximum atomic E-state index is 13.5. The van der Waals surface area contributed by atoms with E-state index < -0.39 is 0 Å². The molecule has 35 heavy (non-hydrogen) atoms. The molecule has 3 aromatic carbocycles. The molecule has 0 radical (unpaired) electrons. The lowest BCUT2D eigenvalue weighted by Crippen LogP contribution is -2.33. The van der Waals surface area contributed by atoms with Gasteiger partial charge in [-0.3, -0.25) is 4.79 Å². The number of amides is 1. The zero-order valence-electron chi connectivity index (χ0n) is 20.4. The molecule has 182 valence electrons. The van der Waals surface area contributed by atoms with Crippen molar-refractivity contribution in [2.45, 2.75) is 45.6 Å². The maximum Gasteiger partial charge on any atom is 0.223 e. The predicted octanol–water partition coefficient (Wildman–Crippen LogP) is 7.65. The first kappa shape index (κ1) is 25.0.